The number of H-pyrrole nitrogens is 1. The number of nitrogens with two attached hydrogens (primary N) is 2. The first-order chi connectivity index (χ1) is 26.6. The molecule has 2 aliphatic rings. The van der Waals surface area contributed by atoms with Gasteiger partial charge in [0.25, 0.3) is 0 Å². The van der Waals surface area contributed by atoms with Crippen LogP contribution in [-0.2, 0) is 30.3 Å². The van der Waals surface area contributed by atoms with E-state index in [1.807, 2.05) is 48.5 Å². The monoisotopic (exact) mass is 758 g/mol. The molecule has 55 heavy (non-hydrogen) atoms. The molecule has 2 aromatic carbocycles. The number of nitrogens with zero attached hydrogens (tertiary/aromatic N) is 2. The first kappa shape index (κ1) is 40.2. The normalized spacial score (nSPS) is 16.2. The van der Waals surface area contributed by atoms with Crippen LogP contribution in [0.2, 0.25) is 0 Å². The number of rotatable bonds is 19. The van der Waals surface area contributed by atoms with Gasteiger partial charge in [0, 0.05) is 31.6 Å². The number of benzene rings is 2. The molecule has 4 atom stereocenters. The molecule has 0 saturated carbocycles. The standard InChI is InChI=1S/C38H50N10O7/c39-16-6-5-13-29(33(49)46-30(14-7-17-43-37(40)41)35(51)48-18-8-15-32(48)36(52)53)45-34(50)31(19-23-20-42-22-44-23)47-38(54)55-21-28-26-11-3-1-9-24(26)25-10-2-4-12-27(25)28/h1-4,9-12,20,22,28-32H,5-8,13-19,21,39H2,(H,42,44)(H,45,50)(H,46,49)(H,47,54)(H,52,53)(H4,40,41,43)/t29-,30-,31-,32-/m0/s1. The number of aromatic amines is 1. The number of fused-ring (bicyclic) bond motifs is 3. The van der Waals surface area contributed by atoms with Crippen LogP contribution in [0.3, 0.4) is 0 Å². The van der Waals surface area contributed by atoms with Crippen LogP contribution in [0.5, 0.6) is 0 Å². The highest BCUT2D eigenvalue weighted by Crippen LogP contribution is 2.44. The van der Waals surface area contributed by atoms with Crippen molar-refractivity contribution in [3.63, 3.8) is 0 Å². The second-order valence-electron chi connectivity index (χ2n) is 13.7. The maximum Gasteiger partial charge on any atom is 0.407 e. The molecule has 4 amide bonds. The zero-order valence-corrected chi connectivity index (χ0v) is 30.6. The maximum absolute atomic E-state index is 14.0. The van der Waals surface area contributed by atoms with E-state index >= 15 is 0 Å². The summed E-state index contributed by atoms with van der Waals surface area (Å²) in [7, 11) is 0. The maximum atomic E-state index is 14.0. The highest BCUT2D eigenvalue weighted by molar-refractivity contribution is 5.95. The van der Waals surface area contributed by atoms with Gasteiger partial charge in [-0.15, -0.1) is 0 Å². The number of likely N-dealkylation sites (tertiary alicyclic amines) is 1. The van der Waals surface area contributed by atoms with E-state index < -0.39 is 54.0 Å². The van der Waals surface area contributed by atoms with E-state index in [2.05, 4.69) is 31.2 Å². The lowest BCUT2D eigenvalue weighted by molar-refractivity contribution is -0.149. The number of guanidine groups is 1. The van der Waals surface area contributed by atoms with Crippen LogP contribution in [0.1, 0.15) is 67.7 Å². The zero-order valence-electron chi connectivity index (χ0n) is 30.6. The van der Waals surface area contributed by atoms with Gasteiger partial charge < -0.3 is 52.5 Å². The molecule has 294 valence electrons. The van der Waals surface area contributed by atoms with Crippen LogP contribution in [0.25, 0.3) is 11.1 Å². The summed E-state index contributed by atoms with van der Waals surface area (Å²) in [4.78, 5) is 75.1. The van der Waals surface area contributed by atoms with Gasteiger partial charge in [-0.3, -0.25) is 19.8 Å². The Balaban J connectivity index is 1.29. The Morgan fingerprint density at radius 3 is 2.22 bits per heavy atom. The number of imidazole rings is 1. The summed E-state index contributed by atoms with van der Waals surface area (Å²) in [5, 5.41) is 28.0. The summed E-state index contributed by atoms with van der Waals surface area (Å²) < 4.78 is 5.72. The fraction of sp³-hybridized carbons (Fsp3) is 0.447. The van der Waals surface area contributed by atoms with Crippen LogP contribution in [0, 0.1) is 5.41 Å². The predicted octanol–water partition coefficient (Wildman–Crippen LogP) is 1.30. The summed E-state index contributed by atoms with van der Waals surface area (Å²) in [6.45, 7) is 0.840. The fourth-order valence-corrected chi connectivity index (χ4v) is 7.18. The third-order valence-electron chi connectivity index (χ3n) is 9.92. The Morgan fingerprint density at radius 1 is 0.927 bits per heavy atom. The van der Waals surface area contributed by atoms with Crippen molar-refractivity contribution in [3.05, 3.63) is 77.9 Å². The highest BCUT2D eigenvalue weighted by Gasteiger charge is 2.38. The molecule has 1 saturated heterocycles. The van der Waals surface area contributed by atoms with Gasteiger partial charge in [0.15, 0.2) is 5.96 Å². The third-order valence-corrected chi connectivity index (χ3v) is 9.92. The quantitative estimate of drug-likeness (QED) is 0.0478. The Morgan fingerprint density at radius 2 is 1.58 bits per heavy atom. The molecule has 3 aromatic rings. The number of aromatic nitrogens is 2. The molecule has 5 rings (SSSR count). The van der Waals surface area contributed by atoms with Crippen molar-refractivity contribution in [2.45, 2.75) is 81.5 Å². The number of hydrogen-bond acceptors (Lipinski definition) is 9. The van der Waals surface area contributed by atoms with E-state index in [4.69, 9.17) is 21.6 Å². The average Bonchev–Trinajstić information content (AvgIpc) is 3.94. The van der Waals surface area contributed by atoms with Crippen LogP contribution in [0.4, 0.5) is 4.79 Å². The number of alkyl carbamates (subject to hydrolysis) is 1. The molecular formula is C38H50N10O7. The van der Waals surface area contributed by atoms with Crippen molar-refractivity contribution in [3.8, 4) is 11.1 Å². The molecule has 0 unspecified atom stereocenters. The van der Waals surface area contributed by atoms with Crippen molar-refractivity contribution < 1.29 is 33.8 Å². The number of carbonyl (C=O) groups is 5. The topological polar surface area (TPSA) is 271 Å². The van der Waals surface area contributed by atoms with Gasteiger partial charge >= 0.3 is 12.1 Å². The van der Waals surface area contributed by atoms with Crippen LogP contribution >= 0.6 is 0 Å². The van der Waals surface area contributed by atoms with Crippen molar-refractivity contribution in [1.82, 2.24) is 36.1 Å². The lowest BCUT2D eigenvalue weighted by Crippen LogP contribution is -2.58. The fourth-order valence-electron chi connectivity index (χ4n) is 7.18. The Hall–Kier alpha value is -5.97. The number of amides is 4. The molecule has 0 radical (unpaired) electrons. The molecule has 11 N–H and O–H groups in total. The SMILES string of the molecule is N=C(N)NCCC[C@H](NC(=O)[C@H](CCCCN)NC(=O)[C@H](Cc1c[nH]cn1)NC(=O)OCC1c2ccccc2-c2ccccc21)C(=O)N1CCC[C@H]1C(=O)O. The molecule has 1 aromatic heterocycles. The summed E-state index contributed by atoms with van der Waals surface area (Å²) in [6.07, 6.45) is 4.60. The molecular weight excluding hydrogens is 708 g/mol. The minimum absolute atomic E-state index is 0.0214. The van der Waals surface area contributed by atoms with Gasteiger partial charge in [-0.2, -0.15) is 0 Å². The number of nitrogens with one attached hydrogen (secondary N) is 6. The highest BCUT2D eigenvalue weighted by atomic mass is 16.5. The van der Waals surface area contributed by atoms with E-state index in [-0.39, 0.29) is 50.8 Å². The molecule has 2 heterocycles. The zero-order chi connectivity index (χ0) is 39.3. The van der Waals surface area contributed by atoms with E-state index in [1.165, 1.54) is 11.2 Å². The van der Waals surface area contributed by atoms with Gasteiger partial charge in [0.1, 0.15) is 30.8 Å². The molecule has 17 heteroatoms. The summed E-state index contributed by atoms with van der Waals surface area (Å²) in [5.74, 6) is -3.48. The van der Waals surface area contributed by atoms with E-state index in [9.17, 15) is 29.1 Å². The molecule has 1 aliphatic carbocycles. The lowest BCUT2D eigenvalue weighted by Gasteiger charge is -2.29. The Labute approximate surface area is 318 Å². The number of carbonyl (C=O) groups excluding carboxylic acids is 4. The molecule has 0 spiro atoms. The second-order valence-corrected chi connectivity index (χ2v) is 13.7. The predicted molar refractivity (Wildman–Crippen MR) is 203 cm³/mol. The molecule has 1 fully saturated rings. The van der Waals surface area contributed by atoms with Gasteiger partial charge in [-0.1, -0.05) is 48.5 Å². The second kappa shape index (κ2) is 19.4. The van der Waals surface area contributed by atoms with E-state index in [0.29, 0.717) is 44.3 Å². The van der Waals surface area contributed by atoms with Crippen molar-refractivity contribution in [2.24, 2.45) is 11.5 Å². The number of ether oxygens (including phenoxy) is 1. The molecule has 17 nitrogen and oxygen atoms in total. The largest absolute Gasteiger partial charge is 0.480 e. The number of carboxylic acids is 1. The van der Waals surface area contributed by atoms with E-state index in [0.717, 1.165) is 22.3 Å². The molecule has 1 aliphatic heterocycles. The Bertz CT molecular complexity index is 1770. The smallest absolute Gasteiger partial charge is 0.407 e. The van der Waals surface area contributed by atoms with Gasteiger partial charge in [0.05, 0.1) is 12.0 Å². The van der Waals surface area contributed by atoms with Crippen LogP contribution < -0.4 is 32.7 Å². The number of aliphatic carboxylic acids is 1. The number of carboxylic acid groups (broad SMARTS) is 1. The summed E-state index contributed by atoms with van der Waals surface area (Å²) in [5.41, 5.74) is 15.8. The minimum atomic E-state index is -1.19. The van der Waals surface area contributed by atoms with Crippen LogP contribution in [-0.4, -0.2) is 106 Å². The summed E-state index contributed by atoms with van der Waals surface area (Å²) in [6, 6.07) is 11.4. The van der Waals surface area contributed by atoms with Crippen molar-refractivity contribution in [1.29, 1.82) is 5.41 Å². The number of hydrogen-bond donors (Lipinski definition) is 9. The van der Waals surface area contributed by atoms with Gasteiger partial charge in [-0.25, -0.2) is 14.6 Å². The van der Waals surface area contributed by atoms with E-state index in [1.54, 1.807) is 6.20 Å². The minimum Gasteiger partial charge on any atom is -0.480 e. The number of unbranched alkanes of at least 4 members (excludes halogenated alkanes) is 1. The third kappa shape index (κ3) is 10.6. The molecule has 0 bridgehead atoms. The average molecular weight is 759 g/mol. The first-order valence-corrected chi connectivity index (χ1v) is 18.6. The van der Waals surface area contributed by atoms with Gasteiger partial charge in [0.2, 0.25) is 17.7 Å². The van der Waals surface area contributed by atoms with Crippen molar-refractivity contribution in [2.75, 3.05) is 26.2 Å². The van der Waals surface area contributed by atoms with Crippen molar-refractivity contribution >= 4 is 35.7 Å². The Kier molecular flexibility index (Phi) is 14.2. The lowest BCUT2D eigenvalue weighted by atomic mass is 9.98. The van der Waals surface area contributed by atoms with Gasteiger partial charge in [-0.05, 0) is 73.7 Å². The summed E-state index contributed by atoms with van der Waals surface area (Å²) >= 11 is 0. The van der Waals surface area contributed by atoms with Crippen LogP contribution in [0.15, 0.2) is 61.1 Å². The first-order valence-electron chi connectivity index (χ1n) is 18.6.